The molecule has 2 atom stereocenters. The van der Waals surface area contributed by atoms with Crippen molar-refractivity contribution < 1.29 is 13.2 Å². The molecule has 1 heterocycles. The Labute approximate surface area is 123 Å². The zero-order valence-electron chi connectivity index (χ0n) is 11.4. The first kappa shape index (κ1) is 17.2. The third-order valence-corrected chi connectivity index (χ3v) is 4.68. The highest BCUT2D eigenvalue weighted by Crippen LogP contribution is 2.21. The molecule has 1 fully saturated rings. The number of nitrogens with one attached hydrogen (secondary N) is 1. The highest BCUT2D eigenvalue weighted by molar-refractivity contribution is 7.99. The van der Waals surface area contributed by atoms with E-state index in [1.165, 1.54) is 4.90 Å². The first-order valence-corrected chi connectivity index (χ1v) is 9.38. The molecule has 1 rings (SSSR count). The van der Waals surface area contributed by atoms with E-state index in [1.807, 2.05) is 0 Å². The molecule has 0 unspecified atom stereocenters. The number of nitriles is 1. The highest BCUT2D eigenvalue weighted by atomic mass is 32.2. The van der Waals surface area contributed by atoms with Gasteiger partial charge in [-0.1, -0.05) is 6.42 Å². The summed E-state index contributed by atoms with van der Waals surface area (Å²) in [4.78, 5) is 13.6. The molecule has 1 saturated heterocycles. The lowest BCUT2D eigenvalue weighted by Crippen LogP contribution is -2.46. The third kappa shape index (κ3) is 5.66. The number of hydrogen-bond acceptors (Lipinski definition) is 6. The predicted molar refractivity (Wildman–Crippen MR) is 78.2 cm³/mol. The van der Waals surface area contributed by atoms with Gasteiger partial charge >= 0.3 is 0 Å². The van der Waals surface area contributed by atoms with Gasteiger partial charge in [-0.2, -0.15) is 5.26 Å². The number of amides is 1. The van der Waals surface area contributed by atoms with Crippen LogP contribution in [0.2, 0.25) is 0 Å². The molecule has 1 aliphatic heterocycles. The number of rotatable bonds is 7. The van der Waals surface area contributed by atoms with Crippen LogP contribution in [0, 0.1) is 11.3 Å². The fourth-order valence-corrected chi connectivity index (χ4v) is 3.45. The van der Waals surface area contributed by atoms with E-state index in [9.17, 15) is 13.2 Å². The number of nitrogens with zero attached hydrogens (tertiary/aromatic N) is 2. The Bertz CT molecular complexity index is 475. The summed E-state index contributed by atoms with van der Waals surface area (Å²) in [5.74, 6) is 0.950. The molecule has 0 aromatic rings. The largest absolute Gasteiger partial charge is 0.320 e. The molecule has 114 valence electrons. The molecule has 0 aromatic heterocycles. The van der Waals surface area contributed by atoms with Crippen LogP contribution in [0.25, 0.3) is 0 Å². The summed E-state index contributed by atoms with van der Waals surface area (Å²) in [7, 11) is -3.16. The second-order valence-corrected chi connectivity index (χ2v) is 7.55. The van der Waals surface area contributed by atoms with Gasteiger partial charge in [-0.3, -0.25) is 4.79 Å². The molecule has 20 heavy (non-hydrogen) atoms. The first-order valence-electron chi connectivity index (χ1n) is 6.33. The number of carbonyl (C=O) groups is 1. The number of carbonyl (C=O) groups excluding carboxylic acids is 1. The normalized spacial score (nSPS) is 20.6. The van der Waals surface area contributed by atoms with E-state index in [1.54, 1.807) is 11.8 Å². The van der Waals surface area contributed by atoms with Crippen LogP contribution >= 0.6 is 11.8 Å². The number of thioether (sulfide) groups is 1. The van der Waals surface area contributed by atoms with E-state index in [0.29, 0.717) is 37.4 Å². The van der Waals surface area contributed by atoms with Crippen molar-refractivity contribution in [3.8, 4) is 6.07 Å². The van der Waals surface area contributed by atoms with Crippen LogP contribution in [0.4, 0.5) is 0 Å². The van der Waals surface area contributed by atoms with E-state index in [4.69, 9.17) is 11.0 Å². The molecule has 0 saturated carbocycles. The van der Waals surface area contributed by atoms with Gasteiger partial charge in [0.05, 0.1) is 24.2 Å². The van der Waals surface area contributed by atoms with Gasteiger partial charge in [-0.05, 0) is 12.8 Å². The summed E-state index contributed by atoms with van der Waals surface area (Å²) in [5.41, 5.74) is 5.83. The lowest BCUT2D eigenvalue weighted by atomic mass is 10.1. The number of hydrogen-bond donors (Lipinski definition) is 2. The SMILES string of the molecule is CS(=O)(=O)NCCCC[C@H](N)C(=O)N1CSC[C@H]1C#N. The minimum absolute atomic E-state index is 0.197. The molecule has 0 spiro atoms. The maximum atomic E-state index is 12.1. The van der Waals surface area contributed by atoms with Crippen LogP contribution in [-0.4, -0.2) is 55.7 Å². The summed E-state index contributed by atoms with van der Waals surface area (Å²) < 4.78 is 24.1. The Balaban J connectivity index is 2.27. The number of sulfonamides is 1. The van der Waals surface area contributed by atoms with Crippen LogP contribution in [-0.2, 0) is 14.8 Å². The maximum absolute atomic E-state index is 12.1. The van der Waals surface area contributed by atoms with Crippen molar-refractivity contribution in [2.45, 2.75) is 31.3 Å². The summed E-state index contributed by atoms with van der Waals surface area (Å²) in [5, 5.41) is 8.93. The summed E-state index contributed by atoms with van der Waals surface area (Å²) in [6.45, 7) is 0.347. The summed E-state index contributed by atoms with van der Waals surface area (Å²) >= 11 is 1.55. The van der Waals surface area contributed by atoms with Gasteiger partial charge in [0.15, 0.2) is 0 Å². The molecule has 1 amide bonds. The van der Waals surface area contributed by atoms with Crippen LogP contribution in [0.15, 0.2) is 0 Å². The summed E-state index contributed by atoms with van der Waals surface area (Å²) in [6.07, 6.45) is 2.89. The average molecular weight is 320 g/mol. The molecule has 0 radical (unpaired) electrons. The molecular formula is C11H20N4O3S2. The van der Waals surface area contributed by atoms with E-state index >= 15 is 0 Å². The average Bonchev–Trinajstić information content (AvgIpc) is 2.84. The minimum atomic E-state index is -3.16. The van der Waals surface area contributed by atoms with Gasteiger partial charge in [0.1, 0.15) is 6.04 Å². The standard InChI is InChI=1S/C11H20N4O3S2/c1-20(17,18)14-5-3-2-4-10(13)11(16)15-8-19-7-9(15)6-12/h9-10,14H,2-5,7-8,13H2,1H3/t9-,10+/m1/s1. The molecule has 0 aliphatic carbocycles. The van der Waals surface area contributed by atoms with Crippen LogP contribution < -0.4 is 10.5 Å². The molecule has 0 bridgehead atoms. The monoisotopic (exact) mass is 320 g/mol. The Kier molecular flexibility index (Phi) is 6.75. The smallest absolute Gasteiger partial charge is 0.241 e. The Morgan fingerprint density at radius 1 is 1.60 bits per heavy atom. The van der Waals surface area contributed by atoms with Crippen LogP contribution in [0.3, 0.4) is 0 Å². The fourth-order valence-electron chi connectivity index (χ4n) is 1.85. The lowest BCUT2D eigenvalue weighted by Gasteiger charge is -2.22. The second-order valence-electron chi connectivity index (χ2n) is 4.72. The van der Waals surface area contributed by atoms with Crippen molar-refractivity contribution >= 4 is 27.7 Å². The van der Waals surface area contributed by atoms with E-state index < -0.39 is 16.1 Å². The minimum Gasteiger partial charge on any atom is -0.320 e. The lowest BCUT2D eigenvalue weighted by molar-refractivity contribution is -0.132. The van der Waals surface area contributed by atoms with E-state index in [-0.39, 0.29) is 11.9 Å². The molecule has 7 nitrogen and oxygen atoms in total. The van der Waals surface area contributed by atoms with Crippen LogP contribution in [0.1, 0.15) is 19.3 Å². The van der Waals surface area contributed by atoms with Gasteiger partial charge in [0.2, 0.25) is 15.9 Å². The zero-order valence-corrected chi connectivity index (χ0v) is 13.0. The van der Waals surface area contributed by atoms with Gasteiger partial charge < -0.3 is 10.6 Å². The zero-order chi connectivity index (χ0) is 15.2. The highest BCUT2D eigenvalue weighted by Gasteiger charge is 2.31. The second kappa shape index (κ2) is 7.83. The van der Waals surface area contributed by atoms with Gasteiger partial charge in [0, 0.05) is 12.3 Å². The molecular weight excluding hydrogens is 300 g/mol. The Morgan fingerprint density at radius 2 is 2.30 bits per heavy atom. The van der Waals surface area contributed by atoms with Crippen LogP contribution in [0.5, 0.6) is 0 Å². The Morgan fingerprint density at radius 3 is 2.90 bits per heavy atom. The quantitative estimate of drug-likeness (QED) is 0.608. The number of unbranched alkanes of at least 4 members (excludes halogenated alkanes) is 1. The predicted octanol–water partition coefficient (Wildman–Crippen LogP) is -0.542. The maximum Gasteiger partial charge on any atom is 0.241 e. The molecule has 9 heteroatoms. The van der Waals surface area contributed by atoms with Crippen molar-refractivity contribution in [3.63, 3.8) is 0 Å². The summed E-state index contributed by atoms with van der Waals surface area (Å²) in [6, 6.07) is 1.09. The van der Waals surface area contributed by atoms with Crippen molar-refractivity contribution in [3.05, 3.63) is 0 Å². The van der Waals surface area contributed by atoms with Crippen molar-refractivity contribution in [2.24, 2.45) is 5.73 Å². The van der Waals surface area contributed by atoms with Gasteiger partial charge in [-0.25, -0.2) is 13.1 Å². The van der Waals surface area contributed by atoms with Crippen molar-refractivity contribution in [2.75, 3.05) is 24.4 Å². The molecule has 1 aliphatic rings. The molecule has 3 N–H and O–H groups in total. The van der Waals surface area contributed by atoms with E-state index in [2.05, 4.69) is 10.8 Å². The van der Waals surface area contributed by atoms with E-state index in [0.717, 1.165) is 6.26 Å². The van der Waals surface area contributed by atoms with Gasteiger partial charge in [0.25, 0.3) is 0 Å². The first-order chi connectivity index (χ1) is 9.35. The third-order valence-electron chi connectivity index (χ3n) is 2.94. The van der Waals surface area contributed by atoms with Gasteiger partial charge in [-0.15, -0.1) is 11.8 Å². The fraction of sp³-hybridized carbons (Fsp3) is 0.818. The topological polar surface area (TPSA) is 116 Å². The van der Waals surface area contributed by atoms with Crippen molar-refractivity contribution in [1.82, 2.24) is 9.62 Å². The Hall–Kier alpha value is -0.820. The van der Waals surface area contributed by atoms with Crippen molar-refractivity contribution in [1.29, 1.82) is 5.26 Å². The molecule has 0 aromatic carbocycles. The number of nitrogens with two attached hydrogens (primary N) is 1.